The van der Waals surface area contributed by atoms with Gasteiger partial charge in [0.25, 0.3) is 0 Å². The van der Waals surface area contributed by atoms with Gasteiger partial charge in [-0.1, -0.05) is 20.8 Å². The first kappa shape index (κ1) is 13.9. The first-order chi connectivity index (χ1) is 6.40. The number of nitrogens with one attached hydrogen (secondary N) is 1. The molecule has 4 nitrogen and oxygen atoms in total. The fourth-order valence-electron chi connectivity index (χ4n) is 1.09. The standard InChI is InChI=1S/C9H22N2O2S/c1-5-7-11(4)14(12,13)8-6-10-9(2)3/h9-10H,5-8H2,1-4H3. The molecule has 0 aliphatic heterocycles. The predicted octanol–water partition coefficient (Wildman–Crippen LogP) is 0.656. The lowest BCUT2D eigenvalue weighted by Gasteiger charge is -2.16. The van der Waals surface area contributed by atoms with E-state index in [1.54, 1.807) is 7.05 Å². The molecule has 0 rings (SSSR count). The van der Waals surface area contributed by atoms with Gasteiger partial charge in [0.05, 0.1) is 5.75 Å². The summed E-state index contributed by atoms with van der Waals surface area (Å²) in [5, 5.41) is 3.09. The molecule has 0 atom stereocenters. The first-order valence-electron chi connectivity index (χ1n) is 5.07. The highest BCUT2D eigenvalue weighted by Crippen LogP contribution is 1.98. The minimum absolute atomic E-state index is 0.182. The second kappa shape index (κ2) is 6.37. The summed E-state index contributed by atoms with van der Waals surface area (Å²) in [6, 6.07) is 0.335. The van der Waals surface area contributed by atoms with Crippen molar-refractivity contribution in [2.24, 2.45) is 0 Å². The second-order valence-electron chi connectivity index (χ2n) is 3.75. The van der Waals surface area contributed by atoms with Crippen LogP contribution in [-0.2, 0) is 10.0 Å². The maximum Gasteiger partial charge on any atom is 0.215 e. The summed E-state index contributed by atoms with van der Waals surface area (Å²) in [4.78, 5) is 0. The number of hydrogen-bond donors (Lipinski definition) is 1. The number of nitrogens with zero attached hydrogens (tertiary/aromatic N) is 1. The topological polar surface area (TPSA) is 49.4 Å². The van der Waals surface area contributed by atoms with E-state index in [1.807, 2.05) is 20.8 Å². The Morgan fingerprint density at radius 2 is 1.93 bits per heavy atom. The van der Waals surface area contributed by atoms with Gasteiger partial charge in [-0.2, -0.15) is 0 Å². The summed E-state index contributed by atoms with van der Waals surface area (Å²) in [5.41, 5.74) is 0. The van der Waals surface area contributed by atoms with Crippen molar-refractivity contribution in [3.63, 3.8) is 0 Å². The van der Waals surface area contributed by atoms with Crippen molar-refractivity contribution in [1.29, 1.82) is 0 Å². The van der Waals surface area contributed by atoms with E-state index in [-0.39, 0.29) is 5.75 Å². The Kier molecular flexibility index (Phi) is 6.31. The Morgan fingerprint density at radius 1 is 1.36 bits per heavy atom. The van der Waals surface area contributed by atoms with Crippen molar-refractivity contribution >= 4 is 10.0 Å². The lowest BCUT2D eigenvalue weighted by atomic mass is 10.4. The van der Waals surface area contributed by atoms with Crippen LogP contribution in [0.1, 0.15) is 27.2 Å². The molecule has 0 saturated heterocycles. The van der Waals surface area contributed by atoms with E-state index in [2.05, 4.69) is 5.32 Å². The van der Waals surface area contributed by atoms with Crippen LogP contribution >= 0.6 is 0 Å². The Morgan fingerprint density at radius 3 is 2.36 bits per heavy atom. The van der Waals surface area contributed by atoms with Crippen molar-refractivity contribution < 1.29 is 8.42 Å². The van der Waals surface area contributed by atoms with Gasteiger partial charge in [0.1, 0.15) is 0 Å². The molecular formula is C9H22N2O2S. The Bertz CT molecular complexity index is 237. The van der Waals surface area contributed by atoms with Crippen molar-refractivity contribution in [3.8, 4) is 0 Å². The van der Waals surface area contributed by atoms with Crippen molar-refractivity contribution in [2.45, 2.75) is 33.2 Å². The molecule has 0 fully saturated rings. The third-order valence-electron chi connectivity index (χ3n) is 1.93. The molecule has 14 heavy (non-hydrogen) atoms. The van der Waals surface area contributed by atoms with Gasteiger partial charge in [0.2, 0.25) is 10.0 Å². The maximum absolute atomic E-state index is 11.6. The molecule has 0 aromatic rings. The lowest BCUT2D eigenvalue weighted by Crippen LogP contribution is -2.35. The van der Waals surface area contributed by atoms with E-state index in [4.69, 9.17) is 0 Å². The van der Waals surface area contributed by atoms with E-state index in [0.717, 1.165) is 6.42 Å². The van der Waals surface area contributed by atoms with E-state index in [1.165, 1.54) is 4.31 Å². The third kappa shape index (κ3) is 5.57. The zero-order chi connectivity index (χ0) is 11.2. The van der Waals surface area contributed by atoms with Crippen LogP contribution in [0.25, 0.3) is 0 Å². The molecule has 1 N–H and O–H groups in total. The van der Waals surface area contributed by atoms with Crippen LogP contribution in [0.15, 0.2) is 0 Å². The fraction of sp³-hybridized carbons (Fsp3) is 1.00. The van der Waals surface area contributed by atoms with Crippen LogP contribution in [0, 0.1) is 0 Å². The highest BCUT2D eigenvalue weighted by Gasteiger charge is 2.15. The summed E-state index contributed by atoms with van der Waals surface area (Å²) in [6.45, 7) is 7.10. The third-order valence-corrected chi connectivity index (χ3v) is 3.78. The molecule has 0 bridgehead atoms. The molecule has 0 radical (unpaired) electrons. The predicted molar refractivity (Wildman–Crippen MR) is 59.8 cm³/mol. The smallest absolute Gasteiger partial charge is 0.215 e. The van der Waals surface area contributed by atoms with Gasteiger partial charge in [-0.15, -0.1) is 0 Å². The van der Waals surface area contributed by atoms with Crippen LogP contribution in [0.5, 0.6) is 0 Å². The van der Waals surface area contributed by atoms with E-state index in [9.17, 15) is 8.42 Å². The molecule has 0 aromatic heterocycles. The largest absolute Gasteiger partial charge is 0.313 e. The van der Waals surface area contributed by atoms with E-state index < -0.39 is 10.0 Å². The van der Waals surface area contributed by atoms with Gasteiger partial charge in [-0.05, 0) is 6.42 Å². The van der Waals surface area contributed by atoms with Crippen LogP contribution in [-0.4, -0.2) is 44.7 Å². The average Bonchev–Trinajstić information content (AvgIpc) is 2.03. The molecule has 5 heteroatoms. The summed E-state index contributed by atoms with van der Waals surface area (Å²) in [7, 11) is -1.41. The second-order valence-corrected chi connectivity index (χ2v) is 5.94. The van der Waals surface area contributed by atoms with Crippen molar-refractivity contribution in [1.82, 2.24) is 9.62 Å². The molecule has 0 unspecified atom stereocenters. The Balaban J connectivity index is 3.95. The Labute approximate surface area is 87.7 Å². The highest BCUT2D eigenvalue weighted by atomic mass is 32.2. The van der Waals surface area contributed by atoms with Crippen molar-refractivity contribution in [3.05, 3.63) is 0 Å². The summed E-state index contributed by atoms with van der Waals surface area (Å²) >= 11 is 0. The minimum Gasteiger partial charge on any atom is -0.313 e. The molecule has 0 aromatic carbocycles. The number of sulfonamides is 1. The average molecular weight is 222 g/mol. The van der Waals surface area contributed by atoms with Crippen molar-refractivity contribution in [2.75, 3.05) is 25.9 Å². The normalized spacial score (nSPS) is 12.7. The van der Waals surface area contributed by atoms with Gasteiger partial charge < -0.3 is 5.32 Å². The van der Waals surface area contributed by atoms with Gasteiger partial charge in [-0.25, -0.2) is 12.7 Å². The van der Waals surface area contributed by atoms with Crippen LogP contribution in [0.4, 0.5) is 0 Å². The van der Waals surface area contributed by atoms with E-state index in [0.29, 0.717) is 19.1 Å². The molecule has 0 aliphatic rings. The van der Waals surface area contributed by atoms with Gasteiger partial charge >= 0.3 is 0 Å². The van der Waals surface area contributed by atoms with Crippen LogP contribution < -0.4 is 5.32 Å². The zero-order valence-electron chi connectivity index (χ0n) is 9.58. The lowest BCUT2D eigenvalue weighted by molar-refractivity contribution is 0.465. The molecule has 86 valence electrons. The molecule has 0 amide bonds. The van der Waals surface area contributed by atoms with Gasteiger partial charge in [0.15, 0.2) is 0 Å². The quantitative estimate of drug-likeness (QED) is 0.688. The van der Waals surface area contributed by atoms with Crippen LogP contribution in [0.2, 0.25) is 0 Å². The molecule has 0 saturated carbocycles. The fourth-order valence-corrected chi connectivity index (χ4v) is 2.23. The highest BCUT2D eigenvalue weighted by molar-refractivity contribution is 7.89. The molecule has 0 spiro atoms. The minimum atomic E-state index is -3.05. The SMILES string of the molecule is CCCN(C)S(=O)(=O)CCNC(C)C. The summed E-state index contributed by atoms with van der Waals surface area (Å²) in [5.74, 6) is 0.182. The molecule has 0 heterocycles. The maximum atomic E-state index is 11.6. The molecule has 0 aliphatic carbocycles. The van der Waals surface area contributed by atoms with E-state index >= 15 is 0 Å². The number of hydrogen-bond acceptors (Lipinski definition) is 3. The number of rotatable bonds is 7. The van der Waals surface area contributed by atoms with Crippen LogP contribution in [0.3, 0.4) is 0 Å². The molecular weight excluding hydrogens is 200 g/mol. The first-order valence-corrected chi connectivity index (χ1v) is 6.68. The van der Waals surface area contributed by atoms with Gasteiger partial charge in [0, 0.05) is 26.2 Å². The van der Waals surface area contributed by atoms with Gasteiger partial charge in [-0.3, -0.25) is 0 Å². The summed E-state index contributed by atoms with van der Waals surface area (Å²) < 4.78 is 24.6. The monoisotopic (exact) mass is 222 g/mol. The summed E-state index contributed by atoms with van der Waals surface area (Å²) in [6.07, 6.45) is 0.855. The zero-order valence-corrected chi connectivity index (χ0v) is 10.4. The Hall–Kier alpha value is -0.130.